The molecule has 1 N–H and O–H groups in total. The Morgan fingerprint density at radius 1 is 1.41 bits per heavy atom. The van der Waals surface area contributed by atoms with Gasteiger partial charge in [-0.1, -0.05) is 13.0 Å². The maximum atomic E-state index is 9.74. The summed E-state index contributed by atoms with van der Waals surface area (Å²) in [6.45, 7) is 7.24. The lowest BCUT2D eigenvalue weighted by molar-refractivity contribution is 0.187. The van der Waals surface area contributed by atoms with Crippen LogP contribution in [0.2, 0.25) is 0 Å². The van der Waals surface area contributed by atoms with Crippen molar-refractivity contribution in [3.63, 3.8) is 0 Å². The summed E-state index contributed by atoms with van der Waals surface area (Å²) in [5.74, 6) is 1.57. The van der Waals surface area contributed by atoms with Gasteiger partial charge in [-0.3, -0.25) is 4.90 Å². The van der Waals surface area contributed by atoms with Gasteiger partial charge in [0, 0.05) is 28.9 Å². The SMILES string of the molecule is CCCN(CC1COc2ccc(O)cc21)C(C)c1cccs1. The van der Waals surface area contributed by atoms with Crippen molar-refractivity contribution in [3.8, 4) is 11.5 Å². The molecule has 1 aromatic heterocycles. The molecule has 2 atom stereocenters. The third-order valence-corrected chi connectivity index (χ3v) is 5.38. The van der Waals surface area contributed by atoms with Crippen molar-refractivity contribution in [2.24, 2.45) is 0 Å². The van der Waals surface area contributed by atoms with Crippen molar-refractivity contribution in [1.29, 1.82) is 0 Å². The van der Waals surface area contributed by atoms with Gasteiger partial charge in [-0.15, -0.1) is 11.3 Å². The number of aromatic hydroxyl groups is 1. The number of hydrogen-bond acceptors (Lipinski definition) is 4. The van der Waals surface area contributed by atoms with E-state index in [0.29, 0.717) is 24.3 Å². The van der Waals surface area contributed by atoms with Crippen molar-refractivity contribution in [2.45, 2.75) is 32.2 Å². The van der Waals surface area contributed by atoms with Gasteiger partial charge in [-0.05, 0) is 49.5 Å². The maximum Gasteiger partial charge on any atom is 0.123 e. The Kier molecular flexibility index (Phi) is 4.69. The van der Waals surface area contributed by atoms with E-state index in [1.807, 2.05) is 23.5 Å². The average molecular weight is 317 g/mol. The molecule has 0 amide bonds. The second-order valence-corrected chi connectivity index (χ2v) is 6.90. The lowest BCUT2D eigenvalue weighted by Gasteiger charge is -2.30. The van der Waals surface area contributed by atoms with E-state index < -0.39 is 0 Å². The van der Waals surface area contributed by atoms with E-state index in [1.54, 1.807) is 6.07 Å². The fraction of sp³-hybridized carbons (Fsp3) is 0.444. The topological polar surface area (TPSA) is 32.7 Å². The van der Waals surface area contributed by atoms with Gasteiger partial charge < -0.3 is 9.84 Å². The minimum atomic E-state index is 0.322. The quantitative estimate of drug-likeness (QED) is 0.857. The third-order valence-electron chi connectivity index (χ3n) is 4.34. The summed E-state index contributed by atoms with van der Waals surface area (Å²) >= 11 is 1.82. The van der Waals surface area contributed by atoms with Gasteiger partial charge in [-0.2, -0.15) is 0 Å². The lowest BCUT2D eigenvalue weighted by atomic mass is 9.99. The zero-order valence-electron chi connectivity index (χ0n) is 13.2. The number of fused-ring (bicyclic) bond motifs is 1. The highest BCUT2D eigenvalue weighted by Crippen LogP contribution is 2.38. The van der Waals surface area contributed by atoms with Crippen molar-refractivity contribution in [1.82, 2.24) is 4.90 Å². The molecule has 0 saturated heterocycles. The first-order valence-electron chi connectivity index (χ1n) is 7.92. The molecule has 0 bridgehead atoms. The molecule has 4 heteroatoms. The molecule has 3 nitrogen and oxygen atoms in total. The van der Waals surface area contributed by atoms with Crippen LogP contribution in [0.4, 0.5) is 0 Å². The predicted octanol–water partition coefficient (Wildman–Crippen LogP) is 4.40. The molecule has 3 rings (SSSR count). The van der Waals surface area contributed by atoms with Crippen molar-refractivity contribution in [3.05, 3.63) is 46.2 Å². The number of nitrogens with zero attached hydrogens (tertiary/aromatic N) is 1. The second kappa shape index (κ2) is 6.71. The Morgan fingerprint density at radius 2 is 2.27 bits per heavy atom. The van der Waals surface area contributed by atoms with Crippen LogP contribution in [-0.4, -0.2) is 29.7 Å². The zero-order chi connectivity index (χ0) is 15.5. The smallest absolute Gasteiger partial charge is 0.123 e. The van der Waals surface area contributed by atoms with E-state index in [4.69, 9.17) is 4.74 Å². The minimum Gasteiger partial charge on any atom is -0.508 e. The fourth-order valence-corrected chi connectivity index (χ4v) is 3.96. The summed E-state index contributed by atoms with van der Waals surface area (Å²) in [5.41, 5.74) is 1.14. The summed E-state index contributed by atoms with van der Waals surface area (Å²) in [7, 11) is 0. The van der Waals surface area contributed by atoms with Crippen LogP contribution in [0, 0.1) is 0 Å². The van der Waals surface area contributed by atoms with E-state index >= 15 is 0 Å². The van der Waals surface area contributed by atoms with E-state index in [-0.39, 0.29) is 0 Å². The first-order valence-corrected chi connectivity index (χ1v) is 8.80. The Morgan fingerprint density at radius 3 is 3.00 bits per heavy atom. The normalized spacial score (nSPS) is 18.2. The highest BCUT2D eigenvalue weighted by molar-refractivity contribution is 7.10. The Hall–Kier alpha value is -1.52. The molecule has 0 radical (unpaired) electrons. The van der Waals surface area contributed by atoms with Crippen molar-refractivity contribution >= 4 is 11.3 Å². The summed E-state index contributed by atoms with van der Waals surface area (Å²) in [6.07, 6.45) is 1.14. The third kappa shape index (κ3) is 3.13. The Bertz CT molecular complexity index is 612. The van der Waals surface area contributed by atoms with E-state index in [1.165, 1.54) is 4.88 Å². The first kappa shape index (κ1) is 15.4. The molecule has 2 aromatic rings. The number of benzene rings is 1. The van der Waals surface area contributed by atoms with Gasteiger partial charge in [0.1, 0.15) is 11.5 Å². The number of hydrogen-bond donors (Lipinski definition) is 1. The number of phenols is 1. The molecular weight excluding hydrogens is 294 g/mol. The lowest BCUT2D eigenvalue weighted by Crippen LogP contribution is -2.32. The fourth-order valence-electron chi connectivity index (χ4n) is 3.14. The molecule has 0 fully saturated rings. The highest BCUT2D eigenvalue weighted by Gasteiger charge is 2.28. The Balaban J connectivity index is 1.77. The molecule has 1 aliphatic heterocycles. The van der Waals surface area contributed by atoms with Crippen LogP contribution < -0.4 is 4.74 Å². The van der Waals surface area contributed by atoms with Crippen LogP contribution in [0.25, 0.3) is 0 Å². The van der Waals surface area contributed by atoms with Crippen LogP contribution >= 0.6 is 11.3 Å². The van der Waals surface area contributed by atoms with E-state index in [0.717, 1.165) is 30.8 Å². The molecular formula is C18H23NO2S. The molecule has 118 valence electrons. The summed E-state index contributed by atoms with van der Waals surface area (Å²) in [6, 6.07) is 10.2. The van der Waals surface area contributed by atoms with Crippen LogP contribution in [0.3, 0.4) is 0 Å². The van der Waals surface area contributed by atoms with Crippen molar-refractivity contribution in [2.75, 3.05) is 19.7 Å². The molecule has 1 aliphatic rings. The summed E-state index contributed by atoms with van der Waals surface area (Å²) < 4.78 is 5.78. The van der Waals surface area contributed by atoms with Crippen LogP contribution in [0.15, 0.2) is 35.7 Å². The average Bonchev–Trinajstić information content (AvgIpc) is 3.16. The first-order chi connectivity index (χ1) is 10.7. The molecule has 0 saturated carbocycles. The second-order valence-electron chi connectivity index (χ2n) is 5.92. The Labute approximate surface area is 136 Å². The van der Waals surface area contributed by atoms with Gasteiger partial charge in [0.2, 0.25) is 0 Å². The van der Waals surface area contributed by atoms with Crippen LogP contribution in [0.5, 0.6) is 11.5 Å². The van der Waals surface area contributed by atoms with Gasteiger partial charge in [-0.25, -0.2) is 0 Å². The summed E-state index contributed by atoms with van der Waals surface area (Å²) in [5, 5.41) is 11.9. The van der Waals surface area contributed by atoms with Gasteiger partial charge >= 0.3 is 0 Å². The number of phenolic OH excluding ortho intramolecular Hbond substituents is 1. The molecule has 2 heterocycles. The van der Waals surface area contributed by atoms with Gasteiger partial charge in [0.25, 0.3) is 0 Å². The minimum absolute atomic E-state index is 0.322. The van der Waals surface area contributed by atoms with Crippen LogP contribution in [0.1, 0.15) is 42.7 Å². The number of ether oxygens (including phenoxy) is 1. The molecule has 0 spiro atoms. The van der Waals surface area contributed by atoms with Crippen molar-refractivity contribution < 1.29 is 9.84 Å². The zero-order valence-corrected chi connectivity index (χ0v) is 14.0. The largest absolute Gasteiger partial charge is 0.508 e. The highest BCUT2D eigenvalue weighted by atomic mass is 32.1. The summed E-state index contributed by atoms with van der Waals surface area (Å²) in [4.78, 5) is 3.93. The monoisotopic (exact) mass is 317 g/mol. The molecule has 22 heavy (non-hydrogen) atoms. The van der Waals surface area contributed by atoms with E-state index in [9.17, 15) is 5.11 Å². The predicted molar refractivity (Wildman–Crippen MR) is 90.9 cm³/mol. The molecule has 2 unspecified atom stereocenters. The molecule has 1 aromatic carbocycles. The maximum absolute atomic E-state index is 9.74. The van der Waals surface area contributed by atoms with Crippen LogP contribution in [-0.2, 0) is 0 Å². The van der Waals surface area contributed by atoms with Gasteiger partial charge in [0.05, 0.1) is 6.61 Å². The standard InChI is InChI=1S/C18H23NO2S/c1-3-8-19(13(2)18-5-4-9-22-18)11-14-12-21-17-7-6-15(20)10-16(14)17/h4-7,9-10,13-14,20H,3,8,11-12H2,1-2H3. The van der Waals surface area contributed by atoms with E-state index in [2.05, 4.69) is 36.3 Å². The van der Waals surface area contributed by atoms with Gasteiger partial charge in [0.15, 0.2) is 0 Å². The number of thiophene rings is 1. The number of rotatable bonds is 6. The molecule has 0 aliphatic carbocycles.